The van der Waals surface area contributed by atoms with Gasteiger partial charge in [0.2, 0.25) is 0 Å². The molecule has 0 aliphatic carbocycles. The van der Waals surface area contributed by atoms with Crippen LogP contribution in [-0.4, -0.2) is 10.9 Å². The molecule has 0 saturated carbocycles. The number of carbonyl (C=O) groups is 1. The number of rotatable bonds is 3. The van der Waals surface area contributed by atoms with Crippen LogP contribution in [0.1, 0.15) is 18.9 Å². The van der Waals surface area contributed by atoms with Gasteiger partial charge in [0.05, 0.1) is 6.20 Å². The smallest absolute Gasteiger partial charge is 0.130 e. The first-order valence-electron chi connectivity index (χ1n) is 3.17. The summed E-state index contributed by atoms with van der Waals surface area (Å²) in [4.78, 5) is 10.5. The molecule has 54 valence electrons. The van der Waals surface area contributed by atoms with Gasteiger partial charge in [-0.25, -0.2) is 0 Å². The van der Waals surface area contributed by atoms with E-state index < -0.39 is 0 Å². The summed E-state index contributed by atoms with van der Waals surface area (Å²) in [7, 11) is 0. The van der Waals surface area contributed by atoms with Crippen LogP contribution in [0, 0.1) is 0 Å². The molecule has 1 heterocycles. The minimum Gasteiger partial charge on any atom is -0.364 e. The van der Waals surface area contributed by atoms with E-state index in [0.717, 1.165) is 12.0 Å². The zero-order chi connectivity index (χ0) is 7.40. The van der Waals surface area contributed by atoms with Crippen molar-refractivity contribution >= 4 is 5.78 Å². The molecule has 0 saturated heterocycles. The summed E-state index contributed by atoms with van der Waals surface area (Å²) in [6.07, 6.45) is 4.49. The zero-order valence-electron chi connectivity index (χ0n) is 5.83. The lowest BCUT2D eigenvalue weighted by Gasteiger charge is -1.88. The van der Waals surface area contributed by atoms with Gasteiger partial charge in [-0.3, -0.25) is 0 Å². The molecule has 10 heavy (non-hydrogen) atoms. The fourth-order valence-corrected chi connectivity index (χ4v) is 0.671. The lowest BCUT2D eigenvalue weighted by molar-refractivity contribution is -0.116. The highest BCUT2D eigenvalue weighted by Crippen LogP contribution is 2.00. The summed E-state index contributed by atoms with van der Waals surface area (Å²) in [6, 6.07) is 0. The predicted octanol–water partition coefficient (Wildman–Crippen LogP) is 1.20. The highest BCUT2D eigenvalue weighted by atomic mass is 16.5. The Balaban J connectivity index is 2.35. The van der Waals surface area contributed by atoms with Crippen molar-refractivity contribution < 1.29 is 9.32 Å². The number of aryl methyl sites for hydroxylation is 1. The fraction of sp³-hybridized carbons (Fsp3) is 0.429. The molecular weight excluding hydrogens is 130 g/mol. The Morgan fingerprint density at radius 2 is 2.60 bits per heavy atom. The van der Waals surface area contributed by atoms with E-state index in [1.807, 2.05) is 0 Å². The molecule has 0 atom stereocenters. The van der Waals surface area contributed by atoms with Crippen LogP contribution in [0.15, 0.2) is 17.0 Å². The van der Waals surface area contributed by atoms with E-state index in [4.69, 9.17) is 0 Å². The maximum Gasteiger partial charge on any atom is 0.130 e. The molecule has 0 fully saturated rings. The quantitative estimate of drug-likeness (QED) is 0.631. The van der Waals surface area contributed by atoms with Crippen molar-refractivity contribution in [2.24, 2.45) is 0 Å². The minimum absolute atomic E-state index is 0.196. The second-order valence-corrected chi connectivity index (χ2v) is 2.23. The second-order valence-electron chi connectivity index (χ2n) is 2.23. The highest BCUT2D eigenvalue weighted by Gasteiger charge is 1.97. The molecule has 0 unspecified atom stereocenters. The van der Waals surface area contributed by atoms with E-state index in [2.05, 4.69) is 9.68 Å². The van der Waals surface area contributed by atoms with Crippen molar-refractivity contribution in [3.8, 4) is 0 Å². The SMILES string of the molecule is CC(=O)CCc1cnoc1. The van der Waals surface area contributed by atoms with Crippen molar-refractivity contribution in [3.05, 3.63) is 18.0 Å². The van der Waals surface area contributed by atoms with Crippen LogP contribution < -0.4 is 0 Å². The predicted molar refractivity (Wildman–Crippen MR) is 35.5 cm³/mol. The normalized spacial score (nSPS) is 9.70. The Kier molecular flexibility index (Phi) is 2.20. The third-order valence-electron chi connectivity index (χ3n) is 1.25. The van der Waals surface area contributed by atoms with Crippen molar-refractivity contribution in [1.82, 2.24) is 5.16 Å². The molecule has 3 heteroatoms. The van der Waals surface area contributed by atoms with Crippen LogP contribution in [0.3, 0.4) is 0 Å². The van der Waals surface area contributed by atoms with Gasteiger partial charge in [0.1, 0.15) is 12.0 Å². The highest BCUT2D eigenvalue weighted by molar-refractivity contribution is 5.75. The van der Waals surface area contributed by atoms with Gasteiger partial charge >= 0.3 is 0 Å². The van der Waals surface area contributed by atoms with Crippen molar-refractivity contribution in [1.29, 1.82) is 0 Å². The molecule has 0 amide bonds. The van der Waals surface area contributed by atoms with Crippen LogP contribution in [0.2, 0.25) is 0 Å². The number of carbonyl (C=O) groups excluding carboxylic acids is 1. The first-order valence-corrected chi connectivity index (χ1v) is 3.17. The van der Waals surface area contributed by atoms with Gasteiger partial charge in [-0.2, -0.15) is 0 Å². The molecule has 0 aromatic carbocycles. The van der Waals surface area contributed by atoms with Gasteiger partial charge < -0.3 is 9.32 Å². The average molecular weight is 139 g/mol. The zero-order valence-corrected chi connectivity index (χ0v) is 5.83. The summed E-state index contributed by atoms with van der Waals surface area (Å²) in [5.74, 6) is 0.196. The summed E-state index contributed by atoms with van der Waals surface area (Å²) in [6.45, 7) is 1.58. The molecule has 0 aliphatic rings. The monoisotopic (exact) mass is 139 g/mol. The Bertz CT molecular complexity index is 203. The summed E-state index contributed by atoms with van der Waals surface area (Å²) in [5.41, 5.74) is 0.982. The molecule has 0 bridgehead atoms. The number of nitrogens with zero attached hydrogens (tertiary/aromatic N) is 1. The molecule has 1 rings (SSSR count). The Morgan fingerprint density at radius 1 is 1.80 bits per heavy atom. The number of hydrogen-bond donors (Lipinski definition) is 0. The number of hydrogen-bond acceptors (Lipinski definition) is 3. The summed E-state index contributed by atoms with van der Waals surface area (Å²) in [5, 5.41) is 3.51. The topological polar surface area (TPSA) is 43.1 Å². The van der Waals surface area contributed by atoms with E-state index >= 15 is 0 Å². The van der Waals surface area contributed by atoms with E-state index in [9.17, 15) is 4.79 Å². The van der Waals surface area contributed by atoms with E-state index in [0.29, 0.717) is 6.42 Å². The van der Waals surface area contributed by atoms with E-state index in [-0.39, 0.29) is 5.78 Å². The molecular formula is C7H9NO2. The standard InChI is InChI=1S/C7H9NO2/c1-6(9)2-3-7-4-8-10-5-7/h4-5H,2-3H2,1H3. The number of aromatic nitrogens is 1. The van der Waals surface area contributed by atoms with E-state index in [1.54, 1.807) is 19.4 Å². The van der Waals surface area contributed by atoms with Crippen molar-refractivity contribution in [3.63, 3.8) is 0 Å². The first-order chi connectivity index (χ1) is 4.79. The minimum atomic E-state index is 0.196. The average Bonchev–Trinajstić information content (AvgIpc) is 2.34. The molecule has 3 nitrogen and oxygen atoms in total. The van der Waals surface area contributed by atoms with Gasteiger partial charge in [-0.05, 0) is 13.3 Å². The molecule has 0 radical (unpaired) electrons. The van der Waals surface area contributed by atoms with Gasteiger partial charge in [-0.15, -0.1) is 0 Å². The Hall–Kier alpha value is -1.12. The summed E-state index contributed by atoms with van der Waals surface area (Å²) >= 11 is 0. The molecule has 1 aromatic heterocycles. The van der Waals surface area contributed by atoms with Crippen molar-refractivity contribution in [2.45, 2.75) is 19.8 Å². The van der Waals surface area contributed by atoms with Gasteiger partial charge in [0.25, 0.3) is 0 Å². The van der Waals surface area contributed by atoms with Gasteiger partial charge in [0, 0.05) is 12.0 Å². The molecule has 0 N–H and O–H groups in total. The number of ketones is 1. The van der Waals surface area contributed by atoms with Crippen LogP contribution in [0.4, 0.5) is 0 Å². The van der Waals surface area contributed by atoms with Crippen LogP contribution in [0.5, 0.6) is 0 Å². The van der Waals surface area contributed by atoms with Crippen molar-refractivity contribution in [2.75, 3.05) is 0 Å². The van der Waals surface area contributed by atoms with Crippen LogP contribution >= 0.6 is 0 Å². The maximum absolute atomic E-state index is 10.5. The first kappa shape index (κ1) is 6.99. The molecule has 0 aliphatic heterocycles. The Morgan fingerprint density at radius 3 is 3.10 bits per heavy atom. The number of Topliss-reactive ketones (excluding diaryl/α,β-unsaturated/α-hetero) is 1. The molecule has 1 aromatic rings. The second kappa shape index (κ2) is 3.15. The van der Waals surface area contributed by atoms with Gasteiger partial charge in [-0.1, -0.05) is 5.16 Å². The third kappa shape index (κ3) is 2.01. The molecule has 0 spiro atoms. The maximum atomic E-state index is 10.5. The van der Waals surface area contributed by atoms with Crippen LogP contribution in [-0.2, 0) is 11.2 Å². The van der Waals surface area contributed by atoms with E-state index in [1.165, 1.54) is 0 Å². The fourth-order valence-electron chi connectivity index (χ4n) is 0.671. The Labute approximate surface area is 59.0 Å². The van der Waals surface area contributed by atoms with Crippen LogP contribution in [0.25, 0.3) is 0 Å². The lowest BCUT2D eigenvalue weighted by Crippen LogP contribution is -1.91. The van der Waals surface area contributed by atoms with Gasteiger partial charge in [0.15, 0.2) is 0 Å². The summed E-state index contributed by atoms with van der Waals surface area (Å²) < 4.78 is 4.59. The third-order valence-corrected chi connectivity index (χ3v) is 1.25. The largest absolute Gasteiger partial charge is 0.364 e. The lowest BCUT2D eigenvalue weighted by atomic mass is 10.2.